The second kappa shape index (κ2) is 27.5. The number of aryl methyl sites for hydroxylation is 2. The molecule has 23 nitrogen and oxygen atoms in total. The molecular weight excluding hydrogens is 917 g/mol. The Kier molecular flexibility index (Phi) is 21.6. The molecule has 4 rings (SSSR count). The number of azo groups is 1. The van der Waals surface area contributed by atoms with E-state index in [1.807, 2.05) is 44.7 Å². The van der Waals surface area contributed by atoms with Gasteiger partial charge in [-0.2, -0.15) is 10.2 Å². The molecule has 2 heterocycles. The first-order valence-corrected chi connectivity index (χ1v) is 23.4. The molecule has 0 aliphatic rings. The summed E-state index contributed by atoms with van der Waals surface area (Å²) in [7, 11) is 0. The molecule has 2 aromatic heterocycles. The van der Waals surface area contributed by atoms with Gasteiger partial charge in [-0.05, 0) is 116 Å². The summed E-state index contributed by atoms with van der Waals surface area (Å²) >= 11 is 0. The van der Waals surface area contributed by atoms with Gasteiger partial charge >= 0.3 is 24.2 Å². The summed E-state index contributed by atoms with van der Waals surface area (Å²) in [5.41, 5.74) is 1.82. The van der Waals surface area contributed by atoms with Gasteiger partial charge in [0.15, 0.2) is 0 Å². The zero-order valence-corrected chi connectivity index (χ0v) is 41.8. The van der Waals surface area contributed by atoms with Gasteiger partial charge < -0.3 is 35.6 Å². The number of nitrogens with zero attached hydrogens (tertiary/aromatic N) is 6. The first-order chi connectivity index (χ1) is 33.6. The van der Waals surface area contributed by atoms with E-state index in [-0.39, 0.29) is 77.7 Å². The maximum atomic E-state index is 12.9. The molecule has 0 spiro atoms. The van der Waals surface area contributed by atoms with Gasteiger partial charge in [-0.15, -0.1) is 4.91 Å². The van der Waals surface area contributed by atoms with Crippen molar-refractivity contribution >= 4 is 58.9 Å². The lowest BCUT2D eigenvalue weighted by atomic mass is 9.82. The van der Waals surface area contributed by atoms with Gasteiger partial charge in [0.05, 0.1) is 24.5 Å². The molecule has 384 valence electrons. The Morgan fingerprint density at radius 3 is 1.42 bits per heavy atom. The van der Waals surface area contributed by atoms with E-state index in [1.54, 1.807) is 50.2 Å². The summed E-state index contributed by atoms with van der Waals surface area (Å²) in [5.74, 6) is 0.545. The normalized spacial score (nSPS) is 12.3. The summed E-state index contributed by atoms with van der Waals surface area (Å²) in [6, 6.07) is 15.3. The third kappa shape index (κ3) is 22.1. The summed E-state index contributed by atoms with van der Waals surface area (Å²) in [4.78, 5) is 99.6. The number of rotatable bonds is 26. The number of anilines is 3. The number of H-pyrrole nitrogens is 2. The fourth-order valence-electron chi connectivity index (χ4n) is 7.70. The van der Waals surface area contributed by atoms with E-state index in [0.29, 0.717) is 61.8 Å². The minimum absolute atomic E-state index is 0.0268. The number of benzene rings is 2. The molecule has 0 aliphatic heterocycles. The summed E-state index contributed by atoms with van der Waals surface area (Å²) in [6.45, 7) is 17.7. The molecule has 0 saturated heterocycles. The van der Waals surface area contributed by atoms with E-state index >= 15 is 0 Å². The van der Waals surface area contributed by atoms with Gasteiger partial charge in [-0.1, -0.05) is 41.5 Å². The highest BCUT2D eigenvalue weighted by molar-refractivity contribution is 5.87. The van der Waals surface area contributed by atoms with E-state index in [9.17, 15) is 33.7 Å². The molecule has 0 fully saturated rings. The minimum Gasteiger partial charge on any atom is -0.448 e. The second-order valence-electron chi connectivity index (χ2n) is 19.0. The van der Waals surface area contributed by atoms with Crippen molar-refractivity contribution in [2.24, 2.45) is 38.1 Å². The van der Waals surface area contributed by atoms with Crippen LogP contribution in [0.5, 0.6) is 0 Å². The summed E-state index contributed by atoms with van der Waals surface area (Å²) < 4.78 is 11.2. The Morgan fingerprint density at radius 1 is 0.634 bits per heavy atom. The number of carbonyl (C=O) groups is 4. The van der Waals surface area contributed by atoms with Crippen molar-refractivity contribution in [3.63, 3.8) is 0 Å². The predicted molar refractivity (Wildman–Crippen MR) is 271 cm³/mol. The Labute approximate surface area is 412 Å². The van der Waals surface area contributed by atoms with Crippen LogP contribution in [0.2, 0.25) is 0 Å². The van der Waals surface area contributed by atoms with Crippen LogP contribution in [0.1, 0.15) is 78.6 Å². The average Bonchev–Trinajstić information content (AvgIpc) is 3.28. The second-order valence-corrected chi connectivity index (χ2v) is 19.0. The molecule has 0 saturated carbocycles. The van der Waals surface area contributed by atoms with Crippen molar-refractivity contribution in [1.82, 2.24) is 41.2 Å². The van der Waals surface area contributed by atoms with Crippen LogP contribution >= 0.6 is 0 Å². The summed E-state index contributed by atoms with van der Waals surface area (Å²) in [6.07, 6.45) is 1.70. The van der Waals surface area contributed by atoms with Gasteiger partial charge in [-0.3, -0.25) is 30.2 Å². The topological polar surface area (TPSA) is 308 Å². The number of hydrogen-bond acceptors (Lipinski definition) is 15. The highest BCUT2D eigenvalue weighted by atomic mass is 16.6. The number of carbonyl (C=O) groups excluding carboxylic acids is 4. The Bertz CT molecular complexity index is 2410. The van der Waals surface area contributed by atoms with E-state index in [0.717, 1.165) is 18.5 Å². The molecule has 0 aliphatic carbocycles. The first-order valence-electron chi connectivity index (χ1n) is 23.4. The maximum absolute atomic E-state index is 12.9. The number of alkyl carbamates (subject to hydrolysis) is 2. The van der Waals surface area contributed by atoms with Crippen LogP contribution in [-0.4, -0.2) is 96.7 Å². The van der Waals surface area contributed by atoms with Gasteiger partial charge in [0.1, 0.15) is 18.9 Å². The van der Waals surface area contributed by atoms with E-state index in [1.165, 1.54) is 12.1 Å². The summed E-state index contributed by atoms with van der Waals surface area (Å²) in [5, 5.41) is 27.7. The molecule has 8 N–H and O–H groups in total. The molecule has 2 unspecified atom stereocenters. The van der Waals surface area contributed by atoms with Gasteiger partial charge in [0, 0.05) is 55.4 Å². The first kappa shape index (κ1) is 55.9. The SMILES string of the molecule is Cc1cc(=O)[nH]c(NC(=O)NCCC(C)CC(C)(C)CNC(=O)OCCN(CCOC(=O)NCC(C)(C)CC(C)CCNC(=O)Nc2nc(C)cc(=O)[nH]2)c2ccc(N=Nc3ccc(N=O)cc3)cc2)n1. The van der Waals surface area contributed by atoms with Crippen molar-refractivity contribution in [3.05, 3.63) is 97.7 Å². The third-order valence-corrected chi connectivity index (χ3v) is 10.9. The predicted octanol–water partition coefficient (Wildman–Crippen LogP) is 8.07. The van der Waals surface area contributed by atoms with E-state index in [2.05, 4.69) is 81.1 Å². The quantitative estimate of drug-likeness (QED) is 0.0219. The van der Waals surface area contributed by atoms with E-state index in [4.69, 9.17) is 9.47 Å². The molecule has 23 heteroatoms. The van der Waals surface area contributed by atoms with Gasteiger partial charge in [-0.25, -0.2) is 29.1 Å². The van der Waals surface area contributed by atoms with Crippen molar-refractivity contribution < 1.29 is 28.7 Å². The number of nitrogens with one attached hydrogen (secondary N) is 8. The van der Waals surface area contributed by atoms with E-state index < -0.39 is 24.2 Å². The zero-order valence-electron chi connectivity index (χ0n) is 41.8. The highest BCUT2D eigenvalue weighted by Gasteiger charge is 2.24. The monoisotopic (exact) mass is 985 g/mol. The fraction of sp³-hybridized carbons (Fsp3) is 0.500. The van der Waals surface area contributed by atoms with Gasteiger partial charge in [0.2, 0.25) is 11.9 Å². The minimum atomic E-state index is -0.580. The van der Waals surface area contributed by atoms with Crippen LogP contribution in [0.25, 0.3) is 0 Å². The Hall–Kier alpha value is -7.72. The maximum Gasteiger partial charge on any atom is 0.407 e. The molecule has 0 radical (unpaired) electrons. The van der Waals surface area contributed by atoms with Crippen LogP contribution in [0, 0.1) is 41.4 Å². The fourth-order valence-corrected chi connectivity index (χ4v) is 7.70. The van der Waals surface area contributed by atoms with Crippen molar-refractivity contribution in [1.29, 1.82) is 0 Å². The molecule has 2 atom stereocenters. The number of aromatic amines is 2. The standard InChI is InChI=1S/C48H68N14O9/c1-31(17-19-49-43(65)57-41-53-33(3)25-39(63)55-41)27-47(5,6)29-51-45(67)70-23-21-62(38-15-13-36(14-16-38)60-59-35-9-11-37(61-69)12-10-35)22-24-71-46(68)52-30-48(7,8)28-32(2)18-20-50-44(66)58-42-54-34(4)26-40(64)56-42/h9-16,25-26,31-32H,17-24,27-30H2,1-8H3,(H,51,67)(H,52,68)(H3,49,53,55,57,63,65)(H3,50,54,56,58,64,66). The number of urea groups is 2. The van der Waals surface area contributed by atoms with Crippen molar-refractivity contribution in [2.45, 2.75) is 81.1 Å². The number of hydrogen-bond donors (Lipinski definition) is 8. The number of ether oxygens (including phenoxy) is 2. The largest absolute Gasteiger partial charge is 0.448 e. The van der Waals surface area contributed by atoms with Gasteiger partial charge in [0.25, 0.3) is 11.1 Å². The molecule has 6 amide bonds. The zero-order chi connectivity index (χ0) is 52.0. The van der Waals surface area contributed by atoms with Crippen LogP contribution in [0.3, 0.4) is 0 Å². The molecule has 4 aromatic rings. The molecule has 71 heavy (non-hydrogen) atoms. The third-order valence-electron chi connectivity index (χ3n) is 10.9. The van der Waals surface area contributed by atoms with Crippen LogP contribution < -0.4 is 47.9 Å². The lowest BCUT2D eigenvalue weighted by Crippen LogP contribution is -2.38. The molecular formula is C48H68N14O9. The van der Waals surface area contributed by atoms with Crippen LogP contribution in [0.15, 0.2) is 85.7 Å². The highest BCUT2D eigenvalue weighted by Crippen LogP contribution is 2.28. The van der Waals surface area contributed by atoms with Crippen LogP contribution in [0.4, 0.5) is 53.8 Å². The van der Waals surface area contributed by atoms with Crippen LogP contribution in [-0.2, 0) is 9.47 Å². The molecule has 2 aromatic carbocycles. The number of aromatic nitrogens is 4. The smallest absolute Gasteiger partial charge is 0.407 e. The Balaban J connectivity index is 1.22. The number of nitroso groups, excluding NO2 is 1. The van der Waals surface area contributed by atoms with Crippen molar-refractivity contribution in [3.8, 4) is 0 Å². The lowest BCUT2D eigenvalue weighted by molar-refractivity contribution is 0.136. The molecule has 0 bridgehead atoms. The Morgan fingerprint density at radius 2 is 1.03 bits per heavy atom. The number of amides is 6. The van der Waals surface area contributed by atoms with Crippen molar-refractivity contribution in [2.75, 3.05) is 68.0 Å². The lowest BCUT2D eigenvalue weighted by Gasteiger charge is -2.29. The average molecular weight is 985 g/mol.